The Morgan fingerprint density at radius 1 is 1.17 bits per heavy atom. The van der Waals surface area contributed by atoms with Crippen molar-refractivity contribution in [3.05, 3.63) is 59.9 Å². The molecule has 4 rings (SSSR count). The van der Waals surface area contributed by atoms with E-state index in [1.54, 1.807) is 12.3 Å². The fraction of sp³-hybridized carbons (Fsp3) is 0.320. The first kappa shape index (κ1) is 20.2. The van der Waals surface area contributed by atoms with Gasteiger partial charge in [0.05, 0.1) is 26.1 Å². The first-order valence-corrected chi connectivity index (χ1v) is 10.4. The van der Waals surface area contributed by atoms with Crippen LogP contribution in [0.4, 0.5) is 0 Å². The van der Waals surface area contributed by atoms with Gasteiger partial charge in [-0.15, -0.1) is 0 Å². The molecule has 0 saturated carbocycles. The lowest BCUT2D eigenvalue weighted by atomic mass is 9.98. The van der Waals surface area contributed by atoms with Crippen molar-refractivity contribution in [2.24, 2.45) is 0 Å². The number of amides is 1. The van der Waals surface area contributed by atoms with Gasteiger partial charge in [-0.05, 0) is 38.0 Å². The Morgan fingerprint density at radius 2 is 1.90 bits per heavy atom. The fourth-order valence-corrected chi connectivity index (χ4v) is 3.73. The normalized spacial score (nSPS) is 14.9. The van der Waals surface area contributed by atoms with Crippen LogP contribution in [0, 0.1) is 6.92 Å². The number of fused-ring (bicyclic) bond motifs is 1. The molecule has 0 radical (unpaired) electrons. The van der Waals surface area contributed by atoms with E-state index < -0.39 is 0 Å². The minimum absolute atomic E-state index is 0.00398. The maximum Gasteiger partial charge on any atom is 0.247 e. The van der Waals surface area contributed by atoms with Crippen LogP contribution < -0.4 is 4.74 Å². The lowest BCUT2D eigenvalue weighted by Gasteiger charge is -2.26. The number of carbonyl (C=O) groups excluding carboxylic acids is 1. The molecule has 2 heterocycles. The molecule has 5 heteroatoms. The average Bonchev–Trinajstić information content (AvgIpc) is 3.17. The van der Waals surface area contributed by atoms with Crippen LogP contribution in [0.25, 0.3) is 27.7 Å². The number of furan rings is 1. The molecule has 1 saturated heterocycles. The Balaban J connectivity index is 1.75. The number of aryl methyl sites for hydroxylation is 1. The van der Waals surface area contributed by atoms with Crippen LogP contribution in [0.1, 0.15) is 25.0 Å². The minimum Gasteiger partial charge on any atom is -0.493 e. The number of hydrogen-bond donors (Lipinski definition) is 0. The molecule has 1 amide bonds. The summed E-state index contributed by atoms with van der Waals surface area (Å²) in [4.78, 5) is 14.5. The van der Waals surface area contributed by atoms with Crippen LogP contribution in [0.5, 0.6) is 5.75 Å². The van der Waals surface area contributed by atoms with Crippen molar-refractivity contribution in [2.45, 2.75) is 20.8 Å². The van der Waals surface area contributed by atoms with Gasteiger partial charge in [-0.3, -0.25) is 4.79 Å². The van der Waals surface area contributed by atoms with Gasteiger partial charge in [0.1, 0.15) is 11.3 Å². The molecule has 0 spiro atoms. The molecule has 0 unspecified atom stereocenters. The van der Waals surface area contributed by atoms with Crippen LogP contribution in [0.15, 0.2) is 53.2 Å². The van der Waals surface area contributed by atoms with E-state index in [4.69, 9.17) is 13.9 Å². The molecule has 1 aliphatic rings. The van der Waals surface area contributed by atoms with Crippen molar-refractivity contribution >= 4 is 22.4 Å². The van der Waals surface area contributed by atoms with Crippen molar-refractivity contribution in [2.75, 3.05) is 32.9 Å². The maximum atomic E-state index is 12.7. The summed E-state index contributed by atoms with van der Waals surface area (Å²) >= 11 is 0. The van der Waals surface area contributed by atoms with E-state index in [1.807, 2.05) is 24.8 Å². The zero-order chi connectivity index (χ0) is 21.1. The molecule has 0 aliphatic carbocycles. The molecule has 0 atom stereocenters. The Labute approximate surface area is 176 Å². The van der Waals surface area contributed by atoms with Crippen molar-refractivity contribution in [3.8, 4) is 16.9 Å². The number of benzene rings is 2. The third-order valence-electron chi connectivity index (χ3n) is 5.43. The van der Waals surface area contributed by atoms with Gasteiger partial charge in [-0.1, -0.05) is 29.8 Å². The van der Waals surface area contributed by atoms with E-state index in [-0.39, 0.29) is 5.91 Å². The number of rotatable bonds is 5. The molecule has 3 aromatic rings. The summed E-state index contributed by atoms with van der Waals surface area (Å²) in [7, 11) is 0. The van der Waals surface area contributed by atoms with Gasteiger partial charge in [-0.25, -0.2) is 0 Å². The molecule has 0 bridgehead atoms. The van der Waals surface area contributed by atoms with E-state index in [9.17, 15) is 4.79 Å². The first-order valence-electron chi connectivity index (χ1n) is 10.4. The summed E-state index contributed by atoms with van der Waals surface area (Å²) < 4.78 is 17.1. The molecular formula is C25H27NO4. The molecular weight excluding hydrogens is 378 g/mol. The van der Waals surface area contributed by atoms with Crippen LogP contribution in [0.2, 0.25) is 0 Å². The van der Waals surface area contributed by atoms with E-state index in [2.05, 4.69) is 37.3 Å². The molecule has 30 heavy (non-hydrogen) atoms. The number of morpholine rings is 1. The van der Waals surface area contributed by atoms with Gasteiger partial charge < -0.3 is 18.8 Å². The highest BCUT2D eigenvalue weighted by atomic mass is 16.5. The largest absolute Gasteiger partial charge is 0.493 e. The van der Waals surface area contributed by atoms with Crippen LogP contribution in [-0.2, 0) is 9.53 Å². The van der Waals surface area contributed by atoms with Crippen LogP contribution in [-0.4, -0.2) is 43.7 Å². The van der Waals surface area contributed by atoms with Crippen molar-refractivity contribution < 1.29 is 18.7 Å². The zero-order valence-corrected chi connectivity index (χ0v) is 17.7. The van der Waals surface area contributed by atoms with Gasteiger partial charge in [0.25, 0.3) is 0 Å². The maximum absolute atomic E-state index is 12.7. The number of carbonyl (C=O) groups is 1. The van der Waals surface area contributed by atoms with Crippen LogP contribution in [0.3, 0.4) is 0 Å². The standard InChI is InChI=1S/C25H27NO4/c1-4-29-23-15-24-21(22(16-30-24)19-7-5-17(2)6-8-19)14-20(23)18(3)13-25(27)26-9-11-28-12-10-26/h5-8,13-16H,4,9-12H2,1-3H3/b18-13+. The highest BCUT2D eigenvalue weighted by Crippen LogP contribution is 2.37. The van der Waals surface area contributed by atoms with Crippen molar-refractivity contribution in [1.29, 1.82) is 0 Å². The smallest absolute Gasteiger partial charge is 0.247 e. The zero-order valence-electron chi connectivity index (χ0n) is 17.7. The SMILES string of the molecule is CCOc1cc2occ(-c3ccc(C)cc3)c2cc1/C(C)=C/C(=O)N1CCOCC1. The number of nitrogens with zero attached hydrogens (tertiary/aromatic N) is 1. The van der Waals surface area contributed by atoms with Gasteiger partial charge in [-0.2, -0.15) is 0 Å². The Bertz CT molecular complexity index is 1070. The van der Waals surface area contributed by atoms with E-state index in [0.717, 1.165) is 39.0 Å². The van der Waals surface area contributed by atoms with Gasteiger partial charge in [0.15, 0.2) is 0 Å². The van der Waals surface area contributed by atoms with Gasteiger partial charge >= 0.3 is 0 Å². The molecule has 1 aromatic heterocycles. The molecule has 2 aromatic carbocycles. The van der Waals surface area contributed by atoms with Crippen LogP contribution >= 0.6 is 0 Å². The summed E-state index contributed by atoms with van der Waals surface area (Å²) in [5.74, 6) is 0.725. The monoisotopic (exact) mass is 405 g/mol. The summed E-state index contributed by atoms with van der Waals surface area (Å²) in [6.07, 6.45) is 3.48. The Kier molecular flexibility index (Phi) is 5.91. The number of hydrogen-bond acceptors (Lipinski definition) is 4. The predicted octanol–water partition coefficient (Wildman–Crippen LogP) is 5.07. The van der Waals surface area contributed by atoms with Gasteiger partial charge in [0, 0.05) is 41.7 Å². The molecule has 1 aliphatic heterocycles. The van der Waals surface area contributed by atoms with Gasteiger partial charge in [0.2, 0.25) is 5.91 Å². The second-order valence-electron chi connectivity index (χ2n) is 7.56. The van der Waals surface area contributed by atoms with E-state index >= 15 is 0 Å². The second kappa shape index (κ2) is 8.76. The second-order valence-corrected chi connectivity index (χ2v) is 7.56. The molecule has 1 fully saturated rings. The first-order chi connectivity index (χ1) is 14.6. The quantitative estimate of drug-likeness (QED) is 0.556. The fourth-order valence-electron chi connectivity index (χ4n) is 3.73. The summed E-state index contributed by atoms with van der Waals surface area (Å²) in [6.45, 7) is 8.93. The Morgan fingerprint density at radius 3 is 2.60 bits per heavy atom. The third kappa shape index (κ3) is 4.12. The summed E-state index contributed by atoms with van der Waals surface area (Å²) in [5.41, 5.74) is 5.88. The highest BCUT2D eigenvalue weighted by Gasteiger charge is 2.18. The topological polar surface area (TPSA) is 51.9 Å². The Hall–Kier alpha value is -3.05. The summed E-state index contributed by atoms with van der Waals surface area (Å²) in [6, 6.07) is 12.4. The summed E-state index contributed by atoms with van der Waals surface area (Å²) in [5, 5.41) is 1.00. The number of ether oxygens (including phenoxy) is 2. The number of allylic oxidation sites excluding steroid dienone is 1. The average molecular weight is 405 g/mol. The minimum atomic E-state index is 0.00398. The molecule has 5 nitrogen and oxygen atoms in total. The lowest BCUT2D eigenvalue weighted by Crippen LogP contribution is -2.39. The van der Waals surface area contributed by atoms with Crippen molar-refractivity contribution in [1.82, 2.24) is 4.90 Å². The third-order valence-corrected chi connectivity index (χ3v) is 5.43. The molecule has 0 N–H and O–H groups in total. The van der Waals surface area contributed by atoms with E-state index in [0.29, 0.717) is 32.9 Å². The van der Waals surface area contributed by atoms with Crippen molar-refractivity contribution in [3.63, 3.8) is 0 Å². The highest BCUT2D eigenvalue weighted by molar-refractivity contribution is 6.00. The van der Waals surface area contributed by atoms with E-state index in [1.165, 1.54) is 5.56 Å². The molecule has 156 valence electrons. The lowest BCUT2D eigenvalue weighted by molar-refractivity contribution is -0.129. The predicted molar refractivity (Wildman–Crippen MR) is 119 cm³/mol.